The molecule has 390 valence electrons. The van der Waals surface area contributed by atoms with Crippen LogP contribution in [0.25, 0.3) is 0 Å². The van der Waals surface area contributed by atoms with Gasteiger partial charge in [-0.25, -0.2) is 0 Å². The zero-order chi connectivity index (χ0) is 48.1. The number of amides is 1. The summed E-state index contributed by atoms with van der Waals surface area (Å²) in [6.07, 6.45) is 63.9. The summed E-state index contributed by atoms with van der Waals surface area (Å²) < 4.78 is 5.95. The van der Waals surface area contributed by atoms with E-state index in [9.17, 15) is 19.8 Å². The smallest absolute Gasteiger partial charge is 0.306 e. The third kappa shape index (κ3) is 48.8. The van der Waals surface area contributed by atoms with E-state index in [4.69, 9.17) is 4.74 Å². The fraction of sp³-hybridized carbons (Fsp3) is 0.900. The standard InChI is InChI=1S/C60H115NO5/c1-4-7-10-13-16-19-22-25-28-30-31-34-37-40-43-46-49-52-58(63)57(55-62)61-59(64)54-56(51-48-45-42-39-36-33-27-24-21-18-15-12-9-6-3)66-60(65)53-50-47-44-41-38-35-32-29-26-23-20-17-14-11-8-5-2/h29,32-33,36,56-58,62-63H,4-28,30-31,34-35,37-55H2,1-3H3,(H,61,64)/b32-29+,36-33+. The molecule has 0 saturated carbocycles. The molecule has 0 radical (unpaired) electrons. The van der Waals surface area contributed by atoms with E-state index in [1.165, 1.54) is 212 Å². The van der Waals surface area contributed by atoms with Crippen molar-refractivity contribution in [2.45, 2.75) is 341 Å². The van der Waals surface area contributed by atoms with Crippen molar-refractivity contribution < 1.29 is 24.5 Å². The van der Waals surface area contributed by atoms with Gasteiger partial charge in [0.1, 0.15) is 6.10 Å². The maximum atomic E-state index is 13.3. The van der Waals surface area contributed by atoms with Gasteiger partial charge >= 0.3 is 5.97 Å². The molecule has 6 nitrogen and oxygen atoms in total. The molecule has 1 amide bonds. The van der Waals surface area contributed by atoms with Crippen LogP contribution in [-0.4, -0.2) is 46.9 Å². The van der Waals surface area contributed by atoms with E-state index >= 15 is 0 Å². The second kappa shape index (κ2) is 54.3. The minimum Gasteiger partial charge on any atom is -0.462 e. The molecular weight excluding hydrogens is 815 g/mol. The fourth-order valence-corrected chi connectivity index (χ4v) is 9.25. The van der Waals surface area contributed by atoms with Crippen LogP contribution in [0.1, 0.15) is 323 Å². The quantitative estimate of drug-likeness (QED) is 0.0321. The number of allylic oxidation sites excluding steroid dienone is 4. The topological polar surface area (TPSA) is 95.9 Å². The van der Waals surface area contributed by atoms with Crippen LogP contribution in [-0.2, 0) is 14.3 Å². The predicted molar refractivity (Wildman–Crippen MR) is 287 cm³/mol. The summed E-state index contributed by atoms with van der Waals surface area (Å²) in [6.45, 7) is 6.51. The molecular formula is C60H115NO5. The Labute approximate surface area is 411 Å². The molecule has 0 fully saturated rings. The summed E-state index contributed by atoms with van der Waals surface area (Å²) in [5.74, 6) is -0.481. The minimum absolute atomic E-state index is 0.0684. The van der Waals surface area contributed by atoms with Crippen LogP contribution in [0.3, 0.4) is 0 Å². The van der Waals surface area contributed by atoms with Crippen molar-refractivity contribution in [2.24, 2.45) is 0 Å². The number of rotatable bonds is 54. The van der Waals surface area contributed by atoms with Crippen LogP contribution in [0.15, 0.2) is 24.3 Å². The van der Waals surface area contributed by atoms with Crippen molar-refractivity contribution >= 4 is 11.9 Å². The van der Waals surface area contributed by atoms with Gasteiger partial charge in [-0.2, -0.15) is 0 Å². The Bertz CT molecular complexity index is 1040. The van der Waals surface area contributed by atoms with E-state index in [2.05, 4.69) is 50.4 Å². The number of nitrogens with one attached hydrogen (secondary N) is 1. The number of aliphatic hydroxyl groups is 2. The lowest BCUT2D eigenvalue weighted by atomic mass is 10.0. The summed E-state index contributed by atoms with van der Waals surface area (Å²) in [4.78, 5) is 26.3. The average Bonchev–Trinajstić information content (AvgIpc) is 3.31. The summed E-state index contributed by atoms with van der Waals surface area (Å²) >= 11 is 0. The molecule has 3 N–H and O–H groups in total. The van der Waals surface area contributed by atoms with Crippen LogP contribution < -0.4 is 5.32 Å². The highest BCUT2D eigenvalue weighted by Crippen LogP contribution is 2.18. The van der Waals surface area contributed by atoms with Gasteiger partial charge in [0.15, 0.2) is 0 Å². The molecule has 0 aliphatic rings. The number of hydrogen-bond acceptors (Lipinski definition) is 5. The highest BCUT2D eigenvalue weighted by atomic mass is 16.5. The Hall–Kier alpha value is -1.66. The van der Waals surface area contributed by atoms with Gasteiger partial charge in [-0.3, -0.25) is 9.59 Å². The summed E-state index contributed by atoms with van der Waals surface area (Å²) in [6, 6.07) is -0.705. The molecule has 0 aromatic carbocycles. The predicted octanol–water partition coefficient (Wildman–Crippen LogP) is 18.2. The van der Waals surface area contributed by atoms with Gasteiger partial charge in [0.25, 0.3) is 0 Å². The lowest BCUT2D eigenvalue weighted by Crippen LogP contribution is -2.46. The monoisotopic (exact) mass is 930 g/mol. The van der Waals surface area contributed by atoms with E-state index in [1.807, 2.05) is 0 Å². The highest BCUT2D eigenvalue weighted by molar-refractivity contribution is 5.77. The first-order chi connectivity index (χ1) is 32.5. The number of esters is 1. The fourth-order valence-electron chi connectivity index (χ4n) is 9.25. The molecule has 3 atom stereocenters. The van der Waals surface area contributed by atoms with Crippen LogP contribution in [0.4, 0.5) is 0 Å². The van der Waals surface area contributed by atoms with E-state index in [1.54, 1.807) is 0 Å². The summed E-state index contributed by atoms with van der Waals surface area (Å²) in [7, 11) is 0. The molecule has 0 aliphatic carbocycles. The van der Waals surface area contributed by atoms with Crippen LogP contribution >= 0.6 is 0 Å². The molecule has 0 bridgehead atoms. The second-order valence-corrected chi connectivity index (χ2v) is 20.4. The number of unbranched alkanes of at least 4 members (excludes halogenated alkanes) is 38. The van der Waals surface area contributed by atoms with E-state index in [-0.39, 0.29) is 24.9 Å². The Morgan fingerprint density at radius 1 is 0.424 bits per heavy atom. The molecule has 0 aliphatic heterocycles. The van der Waals surface area contributed by atoms with Gasteiger partial charge in [-0.15, -0.1) is 0 Å². The van der Waals surface area contributed by atoms with Gasteiger partial charge < -0.3 is 20.3 Å². The summed E-state index contributed by atoms with van der Waals surface area (Å²) in [5.41, 5.74) is 0. The molecule has 6 heteroatoms. The lowest BCUT2D eigenvalue weighted by molar-refractivity contribution is -0.151. The molecule has 0 heterocycles. The average molecular weight is 931 g/mol. The van der Waals surface area contributed by atoms with Gasteiger partial charge in [0.2, 0.25) is 5.91 Å². The highest BCUT2D eigenvalue weighted by Gasteiger charge is 2.24. The first kappa shape index (κ1) is 64.3. The third-order valence-corrected chi connectivity index (χ3v) is 13.8. The maximum Gasteiger partial charge on any atom is 0.306 e. The maximum absolute atomic E-state index is 13.3. The van der Waals surface area contributed by atoms with Crippen LogP contribution in [0, 0.1) is 0 Å². The zero-order valence-corrected chi connectivity index (χ0v) is 44.6. The largest absolute Gasteiger partial charge is 0.462 e. The molecule has 3 unspecified atom stereocenters. The molecule has 0 rings (SSSR count). The van der Waals surface area contributed by atoms with E-state index in [0.717, 1.165) is 64.2 Å². The second-order valence-electron chi connectivity index (χ2n) is 20.4. The number of carbonyl (C=O) groups is 2. The van der Waals surface area contributed by atoms with Crippen molar-refractivity contribution in [3.05, 3.63) is 24.3 Å². The first-order valence-electron chi connectivity index (χ1n) is 29.6. The van der Waals surface area contributed by atoms with Gasteiger partial charge in [0.05, 0.1) is 25.2 Å². The Morgan fingerprint density at radius 2 is 0.727 bits per heavy atom. The number of hydrogen-bond donors (Lipinski definition) is 3. The molecule has 66 heavy (non-hydrogen) atoms. The summed E-state index contributed by atoms with van der Waals surface area (Å²) in [5, 5.41) is 23.9. The van der Waals surface area contributed by atoms with Crippen molar-refractivity contribution in [1.29, 1.82) is 0 Å². The number of ether oxygens (including phenoxy) is 1. The van der Waals surface area contributed by atoms with E-state index < -0.39 is 18.2 Å². The minimum atomic E-state index is -0.791. The third-order valence-electron chi connectivity index (χ3n) is 13.8. The Kier molecular flexibility index (Phi) is 52.9. The van der Waals surface area contributed by atoms with Crippen LogP contribution in [0.2, 0.25) is 0 Å². The van der Waals surface area contributed by atoms with Crippen molar-refractivity contribution in [2.75, 3.05) is 6.61 Å². The van der Waals surface area contributed by atoms with Gasteiger partial charge in [-0.1, -0.05) is 257 Å². The molecule has 0 spiro atoms. The Balaban J connectivity index is 4.52. The lowest BCUT2D eigenvalue weighted by Gasteiger charge is -2.24. The van der Waals surface area contributed by atoms with Crippen molar-refractivity contribution in [1.82, 2.24) is 5.32 Å². The van der Waals surface area contributed by atoms with E-state index in [0.29, 0.717) is 19.3 Å². The zero-order valence-electron chi connectivity index (χ0n) is 44.6. The van der Waals surface area contributed by atoms with Gasteiger partial charge in [-0.05, 0) is 77.0 Å². The Morgan fingerprint density at radius 3 is 1.09 bits per heavy atom. The molecule has 0 aromatic heterocycles. The molecule has 0 saturated heterocycles. The normalized spacial score (nSPS) is 13.2. The van der Waals surface area contributed by atoms with Gasteiger partial charge in [0, 0.05) is 6.42 Å². The van der Waals surface area contributed by atoms with Crippen molar-refractivity contribution in [3.63, 3.8) is 0 Å². The first-order valence-corrected chi connectivity index (χ1v) is 29.6. The molecule has 0 aromatic rings. The SMILES string of the molecule is CCCCCCCCC/C=C/CCCCCCCC(=O)OC(CCCCC/C=C/CCCCCCCCC)CC(=O)NC(CO)C(O)CCCCCCCCCCCCCCCCCCC. The van der Waals surface area contributed by atoms with Crippen LogP contribution in [0.5, 0.6) is 0 Å². The number of carbonyl (C=O) groups excluding carboxylic acids is 2. The van der Waals surface area contributed by atoms with Crippen molar-refractivity contribution in [3.8, 4) is 0 Å². The number of aliphatic hydroxyl groups excluding tert-OH is 2.